The van der Waals surface area contributed by atoms with E-state index < -0.39 is 0 Å². The molecule has 1 amide bonds. The standard InChI is InChI=1S/C19H16N2O4/c22-15-8-5-13(6-9-15)7-10-18(23)21-20-11-14-12-25-17-4-2-1-3-16(17)19(14)24/h1-6,8-9,11-12,22H,7,10H2,(H,21,23)/b20-11+. The molecule has 0 unspecified atom stereocenters. The SMILES string of the molecule is O=C(CCc1ccc(O)cc1)N/N=C/c1coc2ccccc2c1=O. The molecule has 25 heavy (non-hydrogen) atoms. The first-order chi connectivity index (χ1) is 12.1. The number of phenolic OH excluding ortho intramolecular Hbond substituents is 1. The molecule has 0 fully saturated rings. The molecule has 0 aliphatic heterocycles. The average Bonchev–Trinajstić information content (AvgIpc) is 2.63. The average molecular weight is 336 g/mol. The van der Waals surface area contributed by atoms with Crippen LogP contribution in [0.3, 0.4) is 0 Å². The van der Waals surface area contributed by atoms with Crippen molar-refractivity contribution in [1.82, 2.24) is 5.43 Å². The number of hydrazone groups is 1. The van der Waals surface area contributed by atoms with E-state index in [1.165, 1.54) is 12.5 Å². The molecule has 3 aromatic rings. The second-order valence-corrected chi connectivity index (χ2v) is 5.48. The predicted molar refractivity (Wildman–Crippen MR) is 94.6 cm³/mol. The van der Waals surface area contributed by atoms with Gasteiger partial charge in [0.15, 0.2) is 0 Å². The summed E-state index contributed by atoms with van der Waals surface area (Å²) in [5, 5.41) is 13.5. The van der Waals surface area contributed by atoms with Gasteiger partial charge >= 0.3 is 0 Å². The lowest BCUT2D eigenvalue weighted by molar-refractivity contribution is -0.121. The zero-order valence-electron chi connectivity index (χ0n) is 13.3. The number of amides is 1. The molecule has 6 heteroatoms. The van der Waals surface area contributed by atoms with Gasteiger partial charge in [0, 0.05) is 6.42 Å². The number of nitrogens with zero attached hydrogens (tertiary/aromatic N) is 1. The molecule has 1 aromatic heterocycles. The molecule has 6 nitrogen and oxygen atoms in total. The number of carbonyl (C=O) groups excluding carboxylic acids is 1. The summed E-state index contributed by atoms with van der Waals surface area (Å²) in [7, 11) is 0. The Bertz CT molecular complexity index is 975. The van der Waals surface area contributed by atoms with Crippen LogP contribution in [0.1, 0.15) is 17.5 Å². The van der Waals surface area contributed by atoms with Crippen molar-refractivity contribution in [1.29, 1.82) is 0 Å². The highest BCUT2D eigenvalue weighted by atomic mass is 16.3. The summed E-state index contributed by atoms with van der Waals surface area (Å²) in [5.74, 6) is -0.0819. The molecule has 126 valence electrons. The number of benzene rings is 2. The molecular weight excluding hydrogens is 320 g/mol. The lowest BCUT2D eigenvalue weighted by Gasteiger charge is -2.01. The molecular formula is C19H16N2O4. The third-order valence-corrected chi connectivity index (χ3v) is 3.68. The Kier molecular flexibility index (Phi) is 4.89. The van der Waals surface area contributed by atoms with Crippen molar-refractivity contribution in [2.75, 3.05) is 0 Å². The van der Waals surface area contributed by atoms with Crippen LogP contribution >= 0.6 is 0 Å². The molecule has 0 atom stereocenters. The monoisotopic (exact) mass is 336 g/mol. The van der Waals surface area contributed by atoms with Gasteiger partial charge in [-0.2, -0.15) is 5.10 Å². The smallest absolute Gasteiger partial charge is 0.240 e. The molecule has 0 saturated carbocycles. The molecule has 0 radical (unpaired) electrons. The highest BCUT2D eigenvalue weighted by molar-refractivity contribution is 5.87. The first-order valence-corrected chi connectivity index (χ1v) is 7.74. The maximum atomic E-state index is 12.3. The maximum Gasteiger partial charge on any atom is 0.240 e. The summed E-state index contributed by atoms with van der Waals surface area (Å²) in [6.45, 7) is 0. The third kappa shape index (κ3) is 4.11. The summed E-state index contributed by atoms with van der Waals surface area (Å²) in [4.78, 5) is 24.1. The minimum absolute atomic E-state index is 0.187. The summed E-state index contributed by atoms with van der Waals surface area (Å²) in [6.07, 6.45) is 3.36. The molecule has 0 bridgehead atoms. The third-order valence-electron chi connectivity index (χ3n) is 3.68. The van der Waals surface area contributed by atoms with Gasteiger partial charge in [-0.25, -0.2) is 5.43 Å². The Labute approximate surface area is 143 Å². The number of carbonyl (C=O) groups is 1. The number of rotatable bonds is 5. The second kappa shape index (κ2) is 7.44. The molecule has 1 heterocycles. The van der Waals surface area contributed by atoms with E-state index >= 15 is 0 Å². The number of fused-ring (bicyclic) bond motifs is 1. The van der Waals surface area contributed by atoms with Gasteiger partial charge in [0.1, 0.15) is 17.6 Å². The second-order valence-electron chi connectivity index (χ2n) is 5.48. The number of phenols is 1. The molecule has 0 saturated heterocycles. The molecule has 2 aromatic carbocycles. The van der Waals surface area contributed by atoms with Gasteiger partial charge in [-0.15, -0.1) is 0 Å². The van der Waals surface area contributed by atoms with Crippen LogP contribution in [0.4, 0.5) is 0 Å². The van der Waals surface area contributed by atoms with Crippen molar-refractivity contribution in [2.45, 2.75) is 12.8 Å². The fourth-order valence-corrected chi connectivity index (χ4v) is 2.33. The van der Waals surface area contributed by atoms with Crippen molar-refractivity contribution in [3.63, 3.8) is 0 Å². The van der Waals surface area contributed by atoms with Gasteiger partial charge in [0.05, 0.1) is 17.2 Å². The highest BCUT2D eigenvalue weighted by Gasteiger charge is 2.05. The van der Waals surface area contributed by atoms with Gasteiger partial charge in [0.25, 0.3) is 0 Å². The molecule has 3 rings (SSSR count). The van der Waals surface area contributed by atoms with Crippen molar-refractivity contribution < 1.29 is 14.3 Å². The number of nitrogens with one attached hydrogen (secondary N) is 1. The van der Waals surface area contributed by atoms with Crippen LogP contribution in [0.2, 0.25) is 0 Å². The van der Waals surface area contributed by atoms with Crippen molar-refractivity contribution >= 4 is 23.1 Å². The van der Waals surface area contributed by atoms with Gasteiger partial charge in [-0.3, -0.25) is 9.59 Å². The van der Waals surface area contributed by atoms with E-state index in [0.29, 0.717) is 17.4 Å². The molecule has 0 aliphatic carbocycles. The van der Waals surface area contributed by atoms with E-state index in [4.69, 9.17) is 4.42 Å². The minimum atomic E-state index is -0.269. The van der Waals surface area contributed by atoms with E-state index in [1.54, 1.807) is 48.5 Å². The Balaban J connectivity index is 1.59. The van der Waals surface area contributed by atoms with Crippen LogP contribution in [0.25, 0.3) is 11.0 Å². The molecule has 2 N–H and O–H groups in total. The Morgan fingerprint density at radius 1 is 1.16 bits per heavy atom. The van der Waals surface area contributed by atoms with E-state index in [0.717, 1.165) is 5.56 Å². The molecule has 0 aliphatic rings. The predicted octanol–water partition coefficient (Wildman–Crippen LogP) is 2.58. The Morgan fingerprint density at radius 3 is 2.72 bits per heavy atom. The lowest BCUT2D eigenvalue weighted by atomic mass is 10.1. The fourth-order valence-electron chi connectivity index (χ4n) is 2.33. The highest BCUT2D eigenvalue weighted by Crippen LogP contribution is 2.11. The van der Waals surface area contributed by atoms with Gasteiger partial charge < -0.3 is 9.52 Å². The Morgan fingerprint density at radius 2 is 1.92 bits per heavy atom. The van der Waals surface area contributed by atoms with Crippen LogP contribution in [-0.2, 0) is 11.2 Å². The maximum absolute atomic E-state index is 12.3. The summed E-state index contributed by atoms with van der Waals surface area (Å²) in [5.41, 5.74) is 3.89. The number of para-hydroxylation sites is 1. The fraction of sp³-hybridized carbons (Fsp3) is 0.105. The van der Waals surface area contributed by atoms with E-state index in [9.17, 15) is 14.7 Å². The van der Waals surface area contributed by atoms with Gasteiger partial charge in [-0.1, -0.05) is 24.3 Å². The number of hydrogen-bond donors (Lipinski definition) is 2. The number of aryl methyl sites for hydroxylation is 1. The van der Waals surface area contributed by atoms with Crippen LogP contribution < -0.4 is 10.9 Å². The first-order valence-electron chi connectivity index (χ1n) is 7.74. The largest absolute Gasteiger partial charge is 0.508 e. The zero-order valence-corrected chi connectivity index (χ0v) is 13.3. The quantitative estimate of drug-likeness (QED) is 0.553. The molecule has 0 spiro atoms. The van der Waals surface area contributed by atoms with Crippen molar-refractivity contribution in [3.05, 3.63) is 76.1 Å². The topological polar surface area (TPSA) is 91.9 Å². The van der Waals surface area contributed by atoms with E-state index in [1.807, 2.05) is 0 Å². The summed E-state index contributed by atoms with van der Waals surface area (Å²) >= 11 is 0. The van der Waals surface area contributed by atoms with Gasteiger partial charge in [0.2, 0.25) is 11.3 Å². The van der Waals surface area contributed by atoms with Crippen LogP contribution in [0.5, 0.6) is 5.75 Å². The zero-order chi connectivity index (χ0) is 17.6. The lowest BCUT2D eigenvalue weighted by Crippen LogP contribution is -2.18. The summed E-state index contributed by atoms with van der Waals surface area (Å²) < 4.78 is 5.37. The summed E-state index contributed by atoms with van der Waals surface area (Å²) in [6, 6.07) is 13.6. The van der Waals surface area contributed by atoms with Crippen LogP contribution in [0.15, 0.2) is 69.1 Å². The minimum Gasteiger partial charge on any atom is -0.508 e. The first kappa shape index (κ1) is 16.4. The number of aromatic hydroxyl groups is 1. The number of hydrogen-bond acceptors (Lipinski definition) is 5. The van der Waals surface area contributed by atoms with Gasteiger partial charge in [-0.05, 0) is 36.2 Å². The van der Waals surface area contributed by atoms with Crippen LogP contribution in [0, 0.1) is 0 Å². The van der Waals surface area contributed by atoms with E-state index in [-0.39, 0.29) is 29.1 Å². The normalized spacial score (nSPS) is 11.0. The van der Waals surface area contributed by atoms with Crippen molar-refractivity contribution in [2.24, 2.45) is 5.10 Å². The Hall–Kier alpha value is -3.41. The van der Waals surface area contributed by atoms with Crippen molar-refractivity contribution in [3.8, 4) is 5.75 Å². The van der Waals surface area contributed by atoms with E-state index in [2.05, 4.69) is 10.5 Å². The van der Waals surface area contributed by atoms with Crippen LogP contribution in [-0.4, -0.2) is 17.2 Å².